The van der Waals surface area contributed by atoms with Crippen molar-refractivity contribution < 1.29 is 9.13 Å². The van der Waals surface area contributed by atoms with Gasteiger partial charge in [0.05, 0.1) is 30.8 Å². The molecule has 1 atom stereocenters. The number of fused-ring (bicyclic) bond motifs is 1. The number of hydrogen-bond acceptors (Lipinski definition) is 3. The van der Waals surface area contributed by atoms with Crippen LogP contribution in [0.5, 0.6) is 5.75 Å². The number of ether oxygens (including phenoxy) is 1. The minimum absolute atomic E-state index is 0.0866. The zero-order chi connectivity index (χ0) is 18.4. The van der Waals surface area contributed by atoms with Crippen molar-refractivity contribution in [3.8, 4) is 11.8 Å². The summed E-state index contributed by atoms with van der Waals surface area (Å²) in [6.07, 6.45) is 0.826. The number of nitrogens with one attached hydrogen (secondary N) is 2. The number of benzene rings is 2. The van der Waals surface area contributed by atoms with E-state index in [1.54, 1.807) is 12.1 Å². The summed E-state index contributed by atoms with van der Waals surface area (Å²) < 4.78 is 19.7. The number of nitrogens with zero attached hydrogens (tertiary/aromatic N) is 2. The van der Waals surface area contributed by atoms with Crippen molar-refractivity contribution in [3.05, 3.63) is 65.0 Å². The summed E-state index contributed by atoms with van der Waals surface area (Å²) in [6.45, 7) is 3.51. The zero-order valence-corrected chi connectivity index (χ0v) is 14.6. The lowest BCUT2D eigenvalue weighted by Crippen LogP contribution is -2.41. The molecule has 2 aromatic rings. The number of para-hydroxylation sites is 1. The monoisotopic (exact) mass is 352 g/mol. The number of guanidine groups is 1. The van der Waals surface area contributed by atoms with E-state index < -0.39 is 5.82 Å². The Labute approximate surface area is 152 Å². The molecule has 5 nitrogen and oxygen atoms in total. The van der Waals surface area contributed by atoms with Gasteiger partial charge in [0.15, 0.2) is 5.96 Å². The van der Waals surface area contributed by atoms with E-state index in [0.29, 0.717) is 30.2 Å². The first-order valence-corrected chi connectivity index (χ1v) is 8.66. The van der Waals surface area contributed by atoms with E-state index >= 15 is 0 Å². The first kappa shape index (κ1) is 17.7. The van der Waals surface area contributed by atoms with Crippen LogP contribution in [0.3, 0.4) is 0 Å². The van der Waals surface area contributed by atoms with Gasteiger partial charge in [-0.05, 0) is 25.1 Å². The van der Waals surface area contributed by atoms with E-state index in [9.17, 15) is 4.39 Å². The van der Waals surface area contributed by atoms with E-state index in [1.165, 1.54) is 6.07 Å². The van der Waals surface area contributed by atoms with Gasteiger partial charge in [0.1, 0.15) is 11.6 Å². The lowest BCUT2D eigenvalue weighted by atomic mass is 10.0. The third kappa shape index (κ3) is 4.12. The fourth-order valence-corrected chi connectivity index (χ4v) is 2.89. The predicted octanol–water partition coefficient (Wildman–Crippen LogP) is 3.28. The number of rotatable bonds is 4. The molecule has 1 unspecified atom stereocenters. The maximum absolute atomic E-state index is 14.1. The highest BCUT2D eigenvalue weighted by Crippen LogP contribution is 2.31. The van der Waals surface area contributed by atoms with Crippen LogP contribution in [-0.4, -0.2) is 19.1 Å². The van der Waals surface area contributed by atoms with E-state index in [4.69, 9.17) is 10.00 Å². The number of aliphatic imine (C=N–C) groups is 1. The molecule has 2 aromatic carbocycles. The summed E-state index contributed by atoms with van der Waals surface area (Å²) in [5.41, 5.74) is 1.85. The third-order valence-corrected chi connectivity index (χ3v) is 4.20. The number of nitriles is 1. The maximum atomic E-state index is 14.1. The highest BCUT2D eigenvalue weighted by Gasteiger charge is 2.21. The minimum atomic E-state index is -0.417. The summed E-state index contributed by atoms with van der Waals surface area (Å²) in [4.78, 5) is 4.50. The second kappa shape index (κ2) is 8.34. The molecule has 0 saturated carbocycles. The molecular weight excluding hydrogens is 331 g/mol. The molecule has 1 heterocycles. The number of hydrogen-bond donors (Lipinski definition) is 2. The van der Waals surface area contributed by atoms with Crippen molar-refractivity contribution in [2.45, 2.75) is 25.9 Å². The fraction of sp³-hybridized carbons (Fsp3) is 0.300. The Balaban J connectivity index is 1.76. The lowest BCUT2D eigenvalue weighted by molar-refractivity contribution is 0.261. The predicted molar refractivity (Wildman–Crippen MR) is 98.4 cm³/mol. The van der Waals surface area contributed by atoms with Gasteiger partial charge in [-0.25, -0.2) is 9.38 Å². The maximum Gasteiger partial charge on any atom is 0.192 e. The Morgan fingerprint density at radius 3 is 2.96 bits per heavy atom. The van der Waals surface area contributed by atoms with Crippen LogP contribution in [0.15, 0.2) is 47.5 Å². The Morgan fingerprint density at radius 1 is 1.35 bits per heavy atom. The molecule has 0 radical (unpaired) electrons. The molecule has 0 aliphatic carbocycles. The molecule has 0 spiro atoms. The Kier molecular flexibility index (Phi) is 5.69. The molecule has 1 aliphatic rings. The Bertz CT molecular complexity index is 844. The average molecular weight is 352 g/mol. The molecule has 2 N–H and O–H groups in total. The van der Waals surface area contributed by atoms with Gasteiger partial charge >= 0.3 is 0 Å². The Hall–Kier alpha value is -3.07. The molecular formula is C20H21FN4O. The number of halogens is 1. The molecule has 1 aliphatic heterocycles. The summed E-state index contributed by atoms with van der Waals surface area (Å²) in [5.74, 6) is 1.09. The molecule has 0 saturated heterocycles. The summed E-state index contributed by atoms with van der Waals surface area (Å²) >= 11 is 0. The van der Waals surface area contributed by atoms with Crippen molar-refractivity contribution in [1.82, 2.24) is 10.6 Å². The van der Waals surface area contributed by atoms with Gasteiger partial charge in [-0.1, -0.05) is 24.3 Å². The van der Waals surface area contributed by atoms with Crippen LogP contribution in [0.1, 0.15) is 36.1 Å². The standard InChI is InChI=1S/C20H21FN4O/c1-2-23-20(24-13-15-8-7-14(12-22)11-17(15)21)25-18-9-10-26-19-6-4-3-5-16(18)19/h3-8,11,18H,2,9-10,13H2,1H3,(H2,23,24,25). The first-order chi connectivity index (χ1) is 12.7. The van der Waals surface area contributed by atoms with Crippen LogP contribution in [0.4, 0.5) is 4.39 Å². The van der Waals surface area contributed by atoms with E-state index in [1.807, 2.05) is 37.3 Å². The highest BCUT2D eigenvalue weighted by atomic mass is 19.1. The van der Waals surface area contributed by atoms with Crippen molar-refractivity contribution in [3.63, 3.8) is 0 Å². The van der Waals surface area contributed by atoms with Crippen molar-refractivity contribution >= 4 is 5.96 Å². The molecule has 0 fully saturated rings. The van der Waals surface area contributed by atoms with Crippen molar-refractivity contribution in [2.75, 3.05) is 13.2 Å². The minimum Gasteiger partial charge on any atom is -0.493 e. The third-order valence-electron chi connectivity index (χ3n) is 4.20. The molecule has 0 amide bonds. The average Bonchev–Trinajstić information content (AvgIpc) is 2.67. The van der Waals surface area contributed by atoms with Gasteiger partial charge in [-0.3, -0.25) is 0 Å². The molecule has 0 bridgehead atoms. The van der Waals surface area contributed by atoms with Crippen LogP contribution in [-0.2, 0) is 6.54 Å². The summed E-state index contributed by atoms with van der Waals surface area (Å²) in [5, 5.41) is 15.4. The van der Waals surface area contributed by atoms with Crippen LogP contribution in [0.25, 0.3) is 0 Å². The van der Waals surface area contributed by atoms with Gasteiger partial charge in [-0.2, -0.15) is 5.26 Å². The smallest absolute Gasteiger partial charge is 0.192 e. The Morgan fingerprint density at radius 2 is 2.19 bits per heavy atom. The second-order valence-electron chi connectivity index (χ2n) is 5.99. The normalized spacial score (nSPS) is 16.2. The van der Waals surface area contributed by atoms with Gasteiger partial charge < -0.3 is 15.4 Å². The summed E-state index contributed by atoms with van der Waals surface area (Å²) in [6, 6.07) is 14.4. The highest BCUT2D eigenvalue weighted by molar-refractivity contribution is 5.80. The van der Waals surface area contributed by atoms with Crippen LogP contribution in [0.2, 0.25) is 0 Å². The van der Waals surface area contributed by atoms with E-state index in [0.717, 1.165) is 17.7 Å². The molecule has 6 heteroatoms. The van der Waals surface area contributed by atoms with Gasteiger partial charge in [0.25, 0.3) is 0 Å². The van der Waals surface area contributed by atoms with E-state index in [-0.39, 0.29) is 12.6 Å². The summed E-state index contributed by atoms with van der Waals surface area (Å²) in [7, 11) is 0. The topological polar surface area (TPSA) is 69.4 Å². The molecule has 26 heavy (non-hydrogen) atoms. The molecule has 3 rings (SSSR count). The van der Waals surface area contributed by atoms with Crippen LogP contribution < -0.4 is 15.4 Å². The lowest BCUT2D eigenvalue weighted by Gasteiger charge is -2.28. The zero-order valence-electron chi connectivity index (χ0n) is 14.6. The quantitative estimate of drug-likeness (QED) is 0.654. The van der Waals surface area contributed by atoms with Crippen LogP contribution in [0, 0.1) is 17.1 Å². The van der Waals surface area contributed by atoms with Gasteiger partial charge in [-0.15, -0.1) is 0 Å². The van der Waals surface area contributed by atoms with Crippen LogP contribution >= 0.6 is 0 Å². The fourth-order valence-electron chi connectivity index (χ4n) is 2.89. The molecule has 0 aromatic heterocycles. The van der Waals surface area contributed by atoms with Crippen molar-refractivity contribution in [2.24, 2.45) is 4.99 Å². The van der Waals surface area contributed by atoms with Gasteiger partial charge in [0, 0.05) is 24.1 Å². The largest absolute Gasteiger partial charge is 0.493 e. The van der Waals surface area contributed by atoms with Gasteiger partial charge in [0.2, 0.25) is 0 Å². The first-order valence-electron chi connectivity index (χ1n) is 8.66. The van der Waals surface area contributed by atoms with E-state index in [2.05, 4.69) is 15.6 Å². The SMILES string of the molecule is CCNC(=NCc1ccc(C#N)cc1F)NC1CCOc2ccccc21. The second-order valence-corrected chi connectivity index (χ2v) is 5.99. The van der Waals surface area contributed by atoms with Crippen molar-refractivity contribution in [1.29, 1.82) is 5.26 Å². The molecule has 134 valence electrons.